The molecule has 1 saturated heterocycles. The van der Waals surface area contributed by atoms with Gasteiger partial charge in [-0.3, -0.25) is 4.90 Å². The van der Waals surface area contributed by atoms with Gasteiger partial charge in [-0.05, 0) is 49.5 Å². The summed E-state index contributed by atoms with van der Waals surface area (Å²) in [6, 6.07) is 6.50. The first kappa shape index (κ1) is 18.1. The highest BCUT2D eigenvalue weighted by molar-refractivity contribution is 7.15. The molecule has 136 valence electrons. The van der Waals surface area contributed by atoms with Crippen LogP contribution in [0.1, 0.15) is 23.4 Å². The summed E-state index contributed by atoms with van der Waals surface area (Å²) in [7, 11) is 0. The number of benzene rings is 1. The first-order chi connectivity index (χ1) is 11.9. The fourth-order valence-electron chi connectivity index (χ4n) is 2.84. The minimum atomic E-state index is -4.44. The van der Waals surface area contributed by atoms with Crippen LogP contribution in [0.2, 0.25) is 0 Å². The monoisotopic (exact) mass is 374 g/mol. The van der Waals surface area contributed by atoms with E-state index in [2.05, 4.69) is 20.4 Å². The van der Waals surface area contributed by atoms with Crippen molar-refractivity contribution in [1.29, 1.82) is 0 Å². The Morgan fingerprint density at radius 3 is 2.40 bits per heavy atom. The zero-order chi connectivity index (χ0) is 17.9. The summed E-state index contributed by atoms with van der Waals surface area (Å²) in [6.45, 7) is 3.20. The van der Waals surface area contributed by atoms with Gasteiger partial charge in [0.1, 0.15) is 5.82 Å². The number of aromatic nitrogens is 2. The molecule has 25 heavy (non-hydrogen) atoms. The van der Waals surface area contributed by atoms with E-state index in [1.54, 1.807) is 12.1 Å². The summed E-state index contributed by atoms with van der Waals surface area (Å²) in [5.74, 6) is 0.154. The van der Waals surface area contributed by atoms with E-state index in [0.29, 0.717) is 23.8 Å². The summed E-state index contributed by atoms with van der Waals surface area (Å²) in [5.41, 5.74) is 1.08. The van der Waals surface area contributed by atoms with Gasteiger partial charge in [-0.15, -0.1) is 10.2 Å². The zero-order valence-corrected chi connectivity index (χ0v) is 14.2. The highest BCUT2D eigenvalue weighted by Crippen LogP contribution is 2.33. The van der Waals surface area contributed by atoms with E-state index in [9.17, 15) is 17.6 Å². The number of nitrogens with zero attached hydrogens (tertiary/aromatic N) is 3. The molecule has 0 bridgehead atoms. The van der Waals surface area contributed by atoms with Crippen molar-refractivity contribution in [1.82, 2.24) is 15.1 Å². The van der Waals surface area contributed by atoms with Gasteiger partial charge >= 0.3 is 6.18 Å². The minimum Gasteiger partial charge on any atom is -0.360 e. The Labute approximate surface area is 146 Å². The number of hydrogen-bond donors (Lipinski definition) is 1. The Balaban J connectivity index is 1.42. The van der Waals surface area contributed by atoms with Crippen molar-refractivity contribution in [2.45, 2.75) is 25.6 Å². The van der Waals surface area contributed by atoms with Crippen LogP contribution >= 0.6 is 11.3 Å². The van der Waals surface area contributed by atoms with Gasteiger partial charge in [-0.2, -0.15) is 13.2 Å². The minimum absolute atomic E-state index is 0.209. The van der Waals surface area contributed by atoms with E-state index in [1.165, 1.54) is 12.1 Å². The number of piperidine rings is 1. The van der Waals surface area contributed by atoms with Gasteiger partial charge in [0.2, 0.25) is 10.1 Å². The lowest BCUT2D eigenvalue weighted by Gasteiger charge is -2.32. The Morgan fingerprint density at radius 1 is 1.12 bits per heavy atom. The van der Waals surface area contributed by atoms with Gasteiger partial charge in [0, 0.05) is 13.1 Å². The average molecular weight is 374 g/mol. The molecule has 3 rings (SSSR count). The Kier molecular flexibility index (Phi) is 5.53. The lowest BCUT2D eigenvalue weighted by atomic mass is 9.96. The quantitative estimate of drug-likeness (QED) is 0.803. The van der Waals surface area contributed by atoms with Crippen LogP contribution in [0, 0.1) is 11.7 Å². The summed E-state index contributed by atoms with van der Waals surface area (Å²) < 4.78 is 50.4. The Bertz CT molecular complexity index is 678. The molecule has 1 aromatic carbocycles. The number of likely N-dealkylation sites (tertiary alicyclic amines) is 1. The first-order valence-electron chi connectivity index (χ1n) is 8.01. The van der Waals surface area contributed by atoms with Gasteiger partial charge in [-0.1, -0.05) is 23.5 Å². The SMILES string of the molecule is Fc1ccc(CN2CCC(CNc3nnc(C(F)(F)F)s3)CC2)cc1. The van der Waals surface area contributed by atoms with Crippen LogP contribution in [0.25, 0.3) is 0 Å². The van der Waals surface area contributed by atoms with Crippen molar-refractivity contribution in [2.75, 3.05) is 25.0 Å². The molecule has 0 aliphatic carbocycles. The molecule has 2 aromatic rings. The van der Waals surface area contributed by atoms with Crippen molar-refractivity contribution in [3.63, 3.8) is 0 Å². The molecule has 1 aromatic heterocycles. The van der Waals surface area contributed by atoms with Crippen LogP contribution in [0.15, 0.2) is 24.3 Å². The Hall–Kier alpha value is -1.74. The molecule has 0 amide bonds. The van der Waals surface area contributed by atoms with E-state index in [1.807, 2.05) is 0 Å². The molecule has 0 atom stereocenters. The maximum atomic E-state index is 12.9. The second-order valence-corrected chi connectivity index (χ2v) is 7.11. The molecule has 2 heterocycles. The van der Waals surface area contributed by atoms with Crippen molar-refractivity contribution >= 4 is 16.5 Å². The van der Waals surface area contributed by atoms with E-state index >= 15 is 0 Å². The summed E-state index contributed by atoms with van der Waals surface area (Å²) in [5, 5.41) is 8.95. The average Bonchev–Trinajstić information content (AvgIpc) is 3.06. The van der Waals surface area contributed by atoms with Crippen molar-refractivity contribution in [3.8, 4) is 0 Å². The van der Waals surface area contributed by atoms with Gasteiger partial charge in [0.05, 0.1) is 0 Å². The maximum absolute atomic E-state index is 12.9. The lowest BCUT2D eigenvalue weighted by molar-refractivity contribution is -0.138. The second-order valence-electron chi connectivity index (χ2n) is 6.14. The van der Waals surface area contributed by atoms with E-state index in [4.69, 9.17) is 0 Å². The summed E-state index contributed by atoms with van der Waals surface area (Å²) >= 11 is 0.532. The lowest BCUT2D eigenvalue weighted by Crippen LogP contribution is -2.35. The predicted molar refractivity (Wildman–Crippen MR) is 87.8 cm³/mol. The number of halogens is 4. The van der Waals surface area contributed by atoms with Gasteiger partial charge in [0.15, 0.2) is 0 Å². The van der Waals surface area contributed by atoms with E-state index in [0.717, 1.165) is 38.0 Å². The zero-order valence-electron chi connectivity index (χ0n) is 13.4. The molecule has 1 N–H and O–H groups in total. The van der Waals surface area contributed by atoms with Crippen LogP contribution in [-0.2, 0) is 12.7 Å². The van der Waals surface area contributed by atoms with Crippen LogP contribution in [-0.4, -0.2) is 34.7 Å². The maximum Gasteiger partial charge on any atom is 0.445 e. The third kappa shape index (κ3) is 5.12. The number of hydrogen-bond acceptors (Lipinski definition) is 5. The highest BCUT2D eigenvalue weighted by atomic mass is 32.1. The van der Waals surface area contributed by atoms with Crippen molar-refractivity contribution < 1.29 is 17.6 Å². The van der Waals surface area contributed by atoms with Crippen LogP contribution in [0.4, 0.5) is 22.7 Å². The molecule has 1 aliphatic rings. The molecule has 1 fully saturated rings. The number of nitrogens with one attached hydrogen (secondary N) is 1. The molecule has 0 spiro atoms. The molecule has 0 radical (unpaired) electrons. The van der Waals surface area contributed by atoms with E-state index < -0.39 is 11.2 Å². The molecular weight excluding hydrogens is 356 g/mol. The highest BCUT2D eigenvalue weighted by Gasteiger charge is 2.35. The molecular formula is C16H18F4N4S. The fourth-order valence-corrected chi connectivity index (χ4v) is 3.46. The molecule has 4 nitrogen and oxygen atoms in total. The van der Waals surface area contributed by atoms with Crippen LogP contribution in [0.5, 0.6) is 0 Å². The topological polar surface area (TPSA) is 41.0 Å². The molecule has 0 unspecified atom stereocenters. The summed E-state index contributed by atoms with van der Waals surface area (Å²) in [6.07, 6.45) is -2.53. The number of anilines is 1. The second kappa shape index (κ2) is 7.65. The third-order valence-corrected chi connectivity index (χ3v) is 5.16. The first-order valence-corrected chi connectivity index (χ1v) is 8.83. The largest absolute Gasteiger partial charge is 0.445 e. The normalized spacial score (nSPS) is 17.0. The summed E-state index contributed by atoms with van der Waals surface area (Å²) in [4.78, 5) is 2.30. The Morgan fingerprint density at radius 2 is 1.80 bits per heavy atom. The van der Waals surface area contributed by atoms with Crippen LogP contribution < -0.4 is 5.32 Å². The van der Waals surface area contributed by atoms with Gasteiger partial charge in [0.25, 0.3) is 0 Å². The van der Waals surface area contributed by atoms with E-state index in [-0.39, 0.29) is 10.9 Å². The fraction of sp³-hybridized carbons (Fsp3) is 0.500. The van der Waals surface area contributed by atoms with Crippen molar-refractivity contribution in [2.24, 2.45) is 5.92 Å². The number of alkyl halides is 3. The van der Waals surface area contributed by atoms with Crippen molar-refractivity contribution in [3.05, 3.63) is 40.7 Å². The molecule has 1 aliphatic heterocycles. The van der Waals surface area contributed by atoms with Gasteiger partial charge in [-0.25, -0.2) is 4.39 Å². The molecule has 9 heteroatoms. The van der Waals surface area contributed by atoms with Gasteiger partial charge < -0.3 is 5.32 Å². The van der Waals surface area contributed by atoms with Crippen LogP contribution in [0.3, 0.4) is 0 Å². The third-order valence-electron chi connectivity index (χ3n) is 4.24. The molecule has 0 saturated carbocycles. The predicted octanol–water partition coefficient (Wildman–Crippen LogP) is 4.02. The number of rotatable bonds is 5. The standard InChI is InChI=1S/C16H18F4N4S/c17-13-3-1-12(2-4-13)10-24-7-5-11(6-8-24)9-21-15-23-22-14(25-15)16(18,19)20/h1-4,11H,5-10H2,(H,21,23). The smallest absolute Gasteiger partial charge is 0.360 e.